The van der Waals surface area contributed by atoms with Gasteiger partial charge >= 0.3 is 5.97 Å². The fraction of sp³-hybridized carbons (Fsp3) is 0.769. The topological polar surface area (TPSA) is 52.6 Å². The maximum atomic E-state index is 10.7. The standard InChI is InChI=1S/C13H24N2O2/c1-2-12(13(16)17)6-7-14-8-11-15-9-4-3-5-10-15/h6,14H,2-5,7-11H2,1H3,(H,16,17). The van der Waals surface area contributed by atoms with E-state index in [1.54, 1.807) is 6.08 Å². The first kappa shape index (κ1) is 14.2. The Labute approximate surface area is 104 Å². The van der Waals surface area contributed by atoms with Gasteiger partial charge in [0, 0.05) is 25.2 Å². The van der Waals surface area contributed by atoms with E-state index in [-0.39, 0.29) is 0 Å². The minimum Gasteiger partial charge on any atom is -0.478 e. The van der Waals surface area contributed by atoms with Crippen molar-refractivity contribution < 1.29 is 9.90 Å². The molecule has 0 amide bonds. The van der Waals surface area contributed by atoms with E-state index in [1.807, 2.05) is 6.92 Å². The van der Waals surface area contributed by atoms with E-state index in [1.165, 1.54) is 32.4 Å². The summed E-state index contributed by atoms with van der Waals surface area (Å²) in [5.41, 5.74) is 0.496. The molecule has 1 heterocycles. The number of piperidine rings is 1. The van der Waals surface area contributed by atoms with Crippen molar-refractivity contribution in [2.45, 2.75) is 32.6 Å². The van der Waals surface area contributed by atoms with E-state index in [4.69, 9.17) is 5.11 Å². The average molecular weight is 240 g/mol. The molecule has 0 aromatic heterocycles. The first-order valence-electron chi connectivity index (χ1n) is 6.59. The SMILES string of the molecule is CCC(=CCNCCN1CCCCC1)C(=O)O. The second kappa shape index (κ2) is 8.25. The van der Waals surface area contributed by atoms with Crippen LogP contribution in [0.1, 0.15) is 32.6 Å². The summed E-state index contributed by atoms with van der Waals surface area (Å²) in [5.74, 6) is -0.801. The van der Waals surface area contributed by atoms with Gasteiger partial charge in [-0.15, -0.1) is 0 Å². The highest BCUT2D eigenvalue weighted by atomic mass is 16.4. The monoisotopic (exact) mass is 240 g/mol. The molecule has 1 saturated heterocycles. The average Bonchev–Trinajstić information content (AvgIpc) is 2.34. The largest absolute Gasteiger partial charge is 0.478 e. The molecule has 1 aliphatic heterocycles. The van der Waals surface area contributed by atoms with Crippen molar-refractivity contribution >= 4 is 5.97 Å². The van der Waals surface area contributed by atoms with Crippen molar-refractivity contribution in [2.75, 3.05) is 32.7 Å². The highest BCUT2D eigenvalue weighted by molar-refractivity contribution is 5.86. The molecule has 0 spiro atoms. The zero-order valence-electron chi connectivity index (χ0n) is 10.7. The van der Waals surface area contributed by atoms with Gasteiger partial charge in [0.15, 0.2) is 0 Å². The minimum atomic E-state index is -0.801. The molecular formula is C13H24N2O2. The number of rotatable bonds is 7. The minimum absolute atomic E-state index is 0.496. The normalized spacial score (nSPS) is 18.3. The number of likely N-dealkylation sites (tertiary alicyclic amines) is 1. The Kier molecular flexibility index (Phi) is 6.89. The van der Waals surface area contributed by atoms with Gasteiger partial charge in [0.05, 0.1) is 0 Å². The van der Waals surface area contributed by atoms with Gasteiger partial charge in [-0.1, -0.05) is 19.4 Å². The summed E-state index contributed by atoms with van der Waals surface area (Å²) in [7, 11) is 0. The van der Waals surface area contributed by atoms with Crippen molar-refractivity contribution in [3.63, 3.8) is 0 Å². The summed E-state index contributed by atoms with van der Waals surface area (Å²) < 4.78 is 0. The van der Waals surface area contributed by atoms with Gasteiger partial charge in [-0.2, -0.15) is 0 Å². The third-order valence-corrected chi connectivity index (χ3v) is 3.20. The molecule has 0 aliphatic carbocycles. The highest BCUT2D eigenvalue weighted by Crippen LogP contribution is 2.07. The fourth-order valence-electron chi connectivity index (χ4n) is 2.10. The van der Waals surface area contributed by atoms with Crippen LogP contribution in [0.25, 0.3) is 0 Å². The smallest absolute Gasteiger partial charge is 0.331 e. The van der Waals surface area contributed by atoms with Gasteiger partial charge in [-0.05, 0) is 32.4 Å². The molecule has 1 fully saturated rings. The molecule has 2 N–H and O–H groups in total. The molecule has 4 heteroatoms. The lowest BCUT2D eigenvalue weighted by Gasteiger charge is -2.26. The van der Waals surface area contributed by atoms with Crippen LogP contribution in [0.4, 0.5) is 0 Å². The van der Waals surface area contributed by atoms with E-state index in [0.717, 1.165) is 13.1 Å². The summed E-state index contributed by atoms with van der Waals surface area (Å²) in [5, 5.41) is 12.1. The third kappa shape index (κ3) is 5.84. The summed E-state index contributed by atoms with van der Waals surface area (Å²) in [6, 6.07) is 0. The van der Waals surface area contributed by atoms with Gasteiger partial charge < -0.3 is 15.3 Å². The number of carboxylic acid groups (broad SMARTS) is 1. The summed E-state index contributed by atoms with van der Waals surface area (Å²) in [6.45, 7) is 6.96. The number of hydrogen-bond acceptors (Lipinski definition) is 3. The second-order valence-corrected chi connectivity index (χ2v) is 4.49. The maximum absolute atomic E-state index is 10.7. The van der Waals surface area contributed by atoms with Crippen LogP contribution in [0.2, 0.25) is 0 Å². The van der Waals surface area contributed by atoms with E-state index in [9.17, 15) is 4.79 Å². The number of aliphatic carboxylic acids is 1. The first-order chi connectivity index (χ1) is 8.24. The predicted octanol–water partition coefficient (Wildman–Crippen LogP) is 1.48. The number of hydrogen-bond donors (Lipinski definition) is 2. The van der Waals surface area contributed by atoms with Gasteiger partial charge in [-0.25, -0.2) is 4.79 Å². The van der Waals surface area contributed by atoms with Crippen molar-refractivity contribution in [2.24, 2.45) is 0 Å². The van der Waals surface area contributed by atoms with E-state index in [0.29, 0.717) is 18.5 Å². The summed E-state index contributed by atoms with van der Waals surface area (Å²) in [4.78, 5) is 13.2. The Balaban J connectivity index is 2.08. The first-order valence-corrected chi connectivity index (χ1v) is 6.59. The van der Waals surface area contributed by atoms with Crippen LogP contribution in [-0.4, -0.2) is 48.7 Å². The number of nitrogens with zero attached hydrogens (tertiary/aromatic N) is 1. The fourth-order valence-corrected chi connectivity index (χ4v) is 2.10. The van der Waals surface area contributed by atoms with Gasteiger partial charge in [0.1, 0.15) is 0 Å². The van der Waals surface area contributed by atoms with Crippen LogP contribution >= 0.6 is 0 Å². The van der Waals surface area contributed by atoms with Crippen LogP contribution in [-0.2, 0) is 4.79 Å². The van der Waals surface area contributed by atoms with Crippen LogP contribution in [0.15, 0.2) is 11.6 Å². The lowest BCUT2D eigenvalue weighted by Crippen LogP contribution is -2.35. The molecule has 17 heavy (non-hydrogen) atoms. The molecule has 0 bridgehead atoms. The Hall–Kier alpha value is -0.870. The van der Waals surface area contributed by atoms with Gasteiger partial charge in [0.2, 0.25) is 0 Å². The Morgan fingerprint density at radius 2 is 2.06 bits per heavy atom. The molecule has 0 aromatic rings. The molecule has 0 aromatic carbocycles. The van der Waals surface area contributed by atoms with Gasteiger partial charge in [-0.3, -0.25) is 0 Å². The van der Waals surface area contributed by atoms with Crippen LogP contribution in [0, 0.1) is 0 Å². The Bertz CT molecular complexity index is 258. The summed E-state index contributed by atoms with van der Waals surface area (Å²) in [6.07, 6.45) is 6.37. The molecule has 0 unspecified atom stereocenters. The molecular weight excluding hydrogens is 216 g/mol. The molecule has 1 aliphatic rings. The predicted molar refractivity (Wildman–Crippen MR) is 69.2 cm³/mol. The lowest BCUT2D eigenvalue weighted by molar-refractivity contribution is -0.132. The van der Waals surface area contributed by atoms with Crippen LogP contribution < -0.4 is 5.32 Å². The quantitative estimate of drug-likeness (QED) is 0.523. The Morgan fingerprint density at radius 3 is 2.65 bits per heavy atom. The highest BCUT2D eigenvalue weighted by Gasteiger charge is 2.08. The number of carbonyl (C=O) groups is 1. The third-order valence-electron chi connectivity index (χ3n) is 3.20. The van der Waals surface area contributed by atoms with Crippen LogP contribution in [0.5, 0.6) is 0 Å². The molecule has 0 saturated carbocycles. The molecule has 0 atom stereocenters. The molecule has 4 nitrogen and oxygen atoms in total. The lowest BCUT2D eigenvalue weighted by atomic mass is 10.1. The van der Waals surface area contributed by atoms with E-state index < -0.39 is 5.97 Å². The molecule has 1 rings (SSSR count). The van der Waals surface area contributed by atoms with E-state index >= 15 is 0 Å². The van der Waals surface area contributed by atoms with Crippen LogP contribution in [0.3, 0.4) is 0 Å². The van der Waals surface area contributed by atoms with Crippen molar-refractivity contribution in [3.05, 3.63) is 11.6 Å². The van der Waals surface area contributed by atoms with Crippen molar-refractivity contribution in [3.8, 4) is 0 Å². The van der Waals surface area contributed by atoms with Gasteiger partial charge in [0.25, 0.3) is 0 Å². The maximum Gasteiger partial charge on any atom is 0.331 e. The number of nitrogens with one attached hydrogen (secondary N) is 1. The molecule has 98 valence electrons. The zero-order chi connectivity index (χ0) is 12.5. The van der Waals surface area contributed by atoms with E-state index in [2.05, 4.69) is 10.2 Å². The van der Waals surface area contributed by atoms with Crippen molar-refractivity contribution in [1.82, 2.24) is 10.2 Å². The Morgan fingerprint density at radius 1 is 1.35 bits per heavy atom. The number of carboxylic acids is 1. The zero-order valence-corrected chi connectivity index (χ0v) is 10.7. The molecule has 0 radical (unpaired) electrons. The van der Waals surface area contributed by atoms with Crippen molar-refractivity contribution in [1.29, 1.82) is 0 Å². The summed E-state index contributed by atoms with van der Waals surface area (Å²) >= 11 is 0. The second-order valence-electron chi connectivity index (χ2n) is 4.49.